The molecule has 0 N–H and O–H groups in total. The number of esters is 4. The first kappa shape index (κ1) is 16.1. The first-order valence-corrected chi connectivity index (χ1v) is 6.75. The molecule has 0 bridgehead atoms. The molecule has 0 saturated carbocycles. The molecular weight excluding hydrogens is 264 g/mol. The lowest BCUT2D eigenvalue weighted by Gasteiger charge is -2.00. The van der Waals surface area contributed by atoms with Crippen LogP contribution in [0.4, 0.5) is 0 Å². The van der Waals surface area contributed by atoms with E-state index in [1.165, 1.54) is 12.8 Å². The highest BCUT2D eigenvalue weighted by Gasteiger charge is 2.11. The van der Waals surface area contributed by atoms with Gasteiger partial charge in [-0.3, -0.25) is 9.59 Å². The lowest BCUT2D eigenvalue weighted by atomic mass is 10.1. The van der Waals surface area contributed by atoms with Crippen LogP contribution >= 0.6 is 0 Å². The maximum Gasteiger partial charge on any atom is 0.338 e. The van der Waals surface area contributed by atoms with Crippen molar-refractivity contribution in [3.63, 3.8) is 0 Å². The average Bonchev–Trinajstić information content (AvgIpc) is 2.74. The van der Waals surface area contributed by atoms with Crippen LogP contribution in [0.25, 0.3) is 0 Å². The Kier molecular flexibility index (Phi) is 7.24. The van der Waals surface area contributed by atoms with Crippen molar-refractivity contribution < 1.29 is 28.7 Å². The monoisotopic (exact) mass is 282 g/mol. The van der Waals surface area contributed by atoms with E-state index in [2.05, 4.69) is 9.47 Å². The fourth-order valence-corrected chi connectivity index (χ4v) is 1.78. The van der Waals surface area contributed by atoms with E-state index in [1.54, 1.807) is 0 Å². The zero-order valence-electron chi connectivity index (χ0n) is 11.3. The van der Waals surface area contributed by atoms with E-state index in [9.17, 15) is 19.2 Å². The number of ether oxygens (including phenoxy) is 2. The van der Waals surface area contributed by atoms with E-state index >= 15 is 0 Å². The highest BCUT2D eigenvalue weighted by Crippen LogP contribution is 2.11. The van der Waals surface area contributed by atoms with Crippen LogP contribution in [0, 0.1) is 0 Å². The molecular formula is C14H18O6. The van der Waals surface area contributed by atoms with Gasteiger partial charge in [0.25, 0.3) is 0 Å². The van der Waals surface area contributed by atoms with Crippen molar-refractivity contribution in [2.45, 2.75) is 51.4 Å². The molecule has 0 aromatic rings. The summed E-state index contributed by atoms with van der Waals surface area (Å²) in [6.45, 7) is 0. The number of rotatable bonds is 0. The van der Waals surface area contributed by atoms with E-state index in [4.69, 9.17) is 0 Å². The molecule has 0 amide bonds. The maximum absolute atomic E-state index is 11.0. The molecule has 6 heteroatoms. The first-order chi connectivity index (χ1) is 9.58. The summed E-state index contributed by atoms with van der Waals surface area (Å²) >= 11 is 0. The van der Waals surface area contributed by atoms with Crippen molar-refractivity contribution in [2.75, 3.05) is 0 Å². The van der Waals surface area contributed by atoms with Crippen molar-refractivity contribution in [3.05, 3.63) is 12.2 Å². The van der Waals surface area contributed by atoms with E-state index in [0.717, 1.165) is 37.8 Å². The zero-order chi connectivity index (χ0) is 14.8. The number of carbonyl (C=O) groups excluding carboxylic acids is 4. The predicted molar refractivity (Wildman–Crippen MR) is 68.3 cm³/mol. The molecule has 110 valence electrons. The number of carbonyl (C=O) groups is 4. The lowest BCUT2D eigenvalue weighted by Crippen LogP contribution is -2.11. The second kappa shape index (κ2) is 9.01. The van der Waals surface area contributed by atoms with E-state index in [-0.39, 0.29) is 11.9 Å². The van der Waals surface area contributed by atoms with Crippen LogP contribution in [-0.4, -0.2) is 23.9 Å². The number of hydrogen-bond donors (Lipinski definition) is 0. The number of cyclic esters (lactones) is 4. The molecule has 0 atom stereocenters. The molecule has 0 aromatic heterocycles. The lowest BCUT2D eigenvalue weighted by molar-refractivity contribution is -0.160. The quantitative estimate of drug-likeness (QED) is 0.497. The minimum absolute atomic E-state index is 0.355. The van der Waals surface area contributed by atoms with Gasteiger partial charge in [0.2, 0.25) is 0 Å². The molecule has 1 saturated heterocycles. The van der Waals surface area contributed by atoms with Gasteiger partial charge < -0.3 is 9.47 Å². The molecule has 2 heterocycles. The van der Waals surface area contributed by atoms with E-state index < -0.39 is 11.9 Å². The van der Waals surface area contributed by atoms with Crippen LogP contribution in [0.15, 0.2) is 12.2 Å². The largest absolute Gasteiger partial charge is 0.393 e. The molecule has 6 nitrogen and oxygen atoms in total. The van der Waals surface area contributed by atoms with Gasteiger partial charge in [0.05, 0.1) is 0 Å². The summed E-state index contributed by atoms with van der Waals surface area (Å²) in [5.41, 5.74) is 0. The summed E-state index contributed by atoms with van der Waals surface area (Å²) in [7, 11) is 0. The van der Waals surface area contributed by atoms with E-state index in [1.807, 2.05) is 0 Å². The highest BCUT2D eigenvalue weighted by atomic mass is 16.6. The summed E-state index contributed by atoms with van der Waals surface area (Å²) < 4.78 is 8.58. The van der Waals surface area contributed by atoms with Crippen molar-refractivity contribution in [2.24, 2.45) is 0 Å². The van der Waals surface area contributed by atoms with E-state index in [0.29, 0.717) is 12.8 Å². The van der Waals surface area contributed by atoms with Crippen LogP contribution in [0.3, 0.4) is 0 Å². The fourth-order valence-electron chi connectivity index (χ4n) is 1.78. The number of hydrogen-bond acceptors (Lipinski definition) is 6. The molecule has 0 unspecified atom stereocenters. The summed E-state index contributed by atoms with van der Waals surface area (Å²) in [4.78, 5) is 41.8. The average molecular weight is 282 g/mol. The van der Waals surface area contributed by atoms with Gasteiger partial charge in [-0.25, -0.2) is 9.59 Å². The maximum atomic E-state index is 11.0. The van der Waals surface area contributed by atoms with Gasteiger partial charge in [0.1, 0.15) is 0 Å². The molecule has 0 aliphatic carbocycles. The molecule has 20 heavy (non-hydrogen) atoms. The van der Waals surface area contributed by atoms with Crippen LogP contribution in [-0.2, 0) is 28.7 Å². The Hall–Kier alpha value is -1.98. The summed E-state index contributed by atoms with van der Waals surface area (Å²) in [5, 5.41) is 0. The van der Waals surface area contributed by atoms with Gasteiger partial charge in [-0.1, -0.05) is 25.7 Å². The third-order valence-electron chi connectivity index (χ3n) is 2.80. The Bertz CT molecular complexity index is 374. The Balaban J connectivity index is 0.000000240. The van der Waals surface area contributed by atoms with Gasteiger partial charge in [0, 0.05) is 25.0 Å². The fraction of sp³-hybridized carbons (Fsp3) is 0.571. The molecule has 2 aliphatic heterocycles. The first-order valence-electron chi connectivity index (χ1n) is 6.75. The van der Waals surface area contributed by atoms with Gasteiger partial charge in [-0.2, -0.15) is 0 Å². The second-order valence-corrected chi connectivity index (χ2v) is 4.54. The Morgan fingerprint density at radius 3 is 1.35 bits per heavy atom. The van der Waals surface area contributed by atoms with Crippen LogP contribution < -0.4 is 0 Å². The third-order valence-corrected chi connectivity index (χ3v) is 2.80. The van der Waals surface area contributed by atoms with Crippen LogP contribution in [0.2, 0.25) is 0 Å². The minimum atomic E-state index is -0.579. The summed E-state index contributed by atoms with van der Waals surface area (Å²) in [5.74, 6) is -1.87. The zero-order valence-corrected chi connectivity index (χ0v) is 11.3. The van der Waals surface area contributed by atoms with Gasteiger partial charge in [0.15, 0.2) is 0 Å². The minimum Gasteiger partial charge on any atom is -0.393 e. The molecule has 0 aromatic carbocycles. The SMILES string of the molecule is O=C1C=CC(=O)O1.O=C1CCCCCCCCC(=O)O1. The molecule has 1 fully saturated rings. The molecule has 0 spiro atoms. The molecule has 0 radical (unpaired) electrons. The normalized spacial score (nSPS) is 20.4. The summed E-state index contributed by atoms with van der Waals surface area (Å²) in [6, 6.07) is 0. The predicted octanol–water partition coefficient (Wildman–Crippen LogP) is 1.82. The second-order valence-electron chi connectivity index (χ2n) is 4.54. The van der Waals surface area contributed by atoms with Crippen molar-refractivity contribution in [1.29, 1.82) is 0 Å². The topological polar surface area (TPSA) is 86.7 Å². The molecule has 2 rings (SSSR count). The Morgan fingerprint density at radius 1 is 0.600 bits per heavy atom. The highest BCUT2D eigenvalue weighted by molar-refractivity contribution is 6.04. The summed E-state index contributed by atoms with van der Waals surface area (Å²) in [6.07, 6.45) is 9.15. The van der Waals surface area contributed by atoms with Crippen LogP contribution in [0.1, 0.15) is 51.4 Å². The van der Waals surface area contributed by atoms with Crippen molar-refractivity contribution in [1.82, 2.24) is 0 Å². The standard InChI is InChI=1S/C10H16O3.C4H2O3/c11-9-7-5-3-1-2-4-6-8-10(12)13-9;5-3-1-2-4(6)7-3/h1-8H2;1-2H. The van der Waals surface area contributed by atoms with Crippen molar-refractivity contribution >= 4 is 23.9 Å². The Labute approximate surface area is 117 Å². The van der Waals surface area contributed by atoms with Crippen LogP contribution in [0.5, 0.6) is 0 Å². The van der Waals surface area contributed by atoms with Gasteiger partial charge >= 0.3 is 23.9 Å². The van der Waals surface area contributed by atoms with Gasteiger partial charge in [-0.15, -0.1) is 0 Å². The van der Waals surface area contributed by atoms with Crippen molar-refractivity contribution in [3.8, 4) is 0 Å². The third kappa shape index (κ3) is 7.45. The molecule has 2 aliphatic rings. The van der Waals surface area contributed by atoms with Gasteiger partial charge in [-0.05, 0) is 12.8 Å². The Morgan fingerprint density at radius 2 is 1.00 bits per heavy atom. The smallest absolute Gasteiger partial charge is 0.338 e.